The minimum absolute atomic E-state index is 0.0741. The molecule has 1 fully saturated rings. The maximum atomic E-state index is 11.8. The lowest BCUT2D eigenvalue weighted by Gasteiger charge is -2.34. The van der Waals surface area contributed by atoms with Crippen molar-refractivity contribution < 1.29 is 4.79 Å². The molecule has 0 heterocycles. The fourth-order valence-corrected chi connectivity index (χ4v) is 3.02. The summed E-state index contributed by atoms with van der Waals surface area (Å²) >= 11 is 0. The number of benzene rings is 1. The van der Waals surface area contributed by atoms with Gasteiger partial charge in [0.2, 0.25) is 0 Å². The smallest absolute Gasteiger partial charge is 0.251 e. The van der Waals surface area contributed by atoms with E-state index in [0.29, 0.717) is 23.2 Å². The highest BCUT2D eigenvalue weighted by Gasteiger charge is 2.26. The van der Waals surface area contributed by atoms with Crippen LogP contribution in [-0.4, -0.2) is 19.0 Å². The van der Waals surface area contributed by atoms with Crippen LogP contribution in [0, 0.1) is 5.41 Å². The van der Waals surface area contributed by atoms with Gasteiger partial charge in [-0.2, -0.15) is 0 Å². The zero-order chi connectivity index (χ0) is 15.3. The molecule has 0 saturated heterocycles. The molecular weight excluding hydrogens is 262 g/mol. The zero-order valence-corrected chi connectivity index (χ0v) is 13.2. The number of amides is 1. The Hall–Kier alpha value is -1.71. The average molecular weight is 289 g/mol. The second-order valence-corrected chi connectivity index (χ2v) is 6.39. The van der Waals surface area contributed by atoms with E-state index in [-0.39, 0.29) is 5.91 Å². The lowest BCUT2D eigenvalue weighted by Crippen LogP contribution is -2.29. The van der Waals surface area contributed by atoms with Gasteiger partial charge in [0.05, 0.1) is 11.4 Å². The number of hydrogen-bond donors (Lipinski definition) is 3. The Balaban J connectivity index is 1.99. The topological polar surface area (TPSA) is 67.2 Å². The van der Waals surface area contributed by atoms with Gasteiger partial charge >= 0.3 is 0 Å². The third-order valence-electron chi connectivity index (χ3n) is 4.42. The van der Waals surface area contributed by atoms with Crippen LogP contribution in [0.15, 0.2) is 18.2 Å². The van der Waals surface area contributed by atoms with E-state index in [1.807, 2.05) is 19.1 Å². The summed E-state index contributed by atoms with van der Waals surface area (Å²) < 4.78 is 0. The van der Waals surface area contributed by atoms with Gasteiger partial charge in [0.15, 0.2) is 0 Å². The van der Waals surface area contributed by atoms with E-state index in [4.69, 9.17) is 5.73 Å². The van der Waals surface area contributed by atoms with Crippen LogP contribution in [0.3, 0.4) is 0 Å². The second kappa shape index (κ2) is 6.83. The van der Waals surface area contributed by atoms with E-state index in [9.17, 15) is 4.79 Å². The first-order valence-corrected chi connectivity index (χ1v) is 7.96. The highest BCUT2D eigenvalue weighted by Crippen LogP contribution is 2.36. The predicted molar refractivity (Wildman–Crippen MR) is 88.5 cm³/mol. The Morgan fingerprint density at radius 1 is 1.29 bits per heavy atom. The molecule has 1 aromatic carbocycles. The van der Waals surface area contributed by atoms with Gasteiger partial charge in [-0.05, 0) is 43.4 Å². The standard InChI is InChI=1S/C17H27N3O/c1-3-19-16(21)13-7-8-15(14(18)11-13)20-12-17(2)9-5-4-6-10-17/h7-8,11,20H,3-6,9-10,12,18H2,1-2H3,(H,19,21). The van der Waals surface area contributed by atoms with Gasteiger partial charge in [-0.1, -0.05) is 26.2 Å². The molecule has 0 aromatic heterocycles. The molecule has 0 bridgehead atoms. The quantitative estimate of drug-likeness (QED) is 0.728. The number of nitrogens with two attached hydrogens (primary N) is 1. The first kappa shape index (κ1) is 15.7. The number of rotatable bonds is 5. The van der Waals surface area contributed by atoms with Crippen molar-refractivity contribution in [3.63, 3.8) is 0 Å². The molecule has 21 heavy (non-hydrogen) atoms. The molecule has 1 saturated carbocycles. The molecule has 116 valence electrons. The monoisotopic (exact) mass is 289 g/mol. The van der Waals surface area contributed by atoms with Crippen molar-refractivity contribution in [1.29, 1.82) is 0 Å². The third-order valence-corrected chi connectivity index (χ3v) is 4.42. The summed E-state index contributed by atoms with van der Waals surface area (Å²) in [4.78, 5) is 11.8. The number of nitrogen functional groups attached to an aromatic ring is 1. The van der Waals surface area contributed by atoms with Gasteiger partial charge in [0.25, 0.3) is 5.91 Å². The van der Waals surface area contributed by atoms with Crippen LogP contribution in [0.4, 0.5) is 11.4 Å². The van der Waals surface area contributed by atoms with Crippen molar-refractivity contribution in [3.8, 4) is 0 Å². The number of carbonyl (C=O) groups is 1. The summed E-state index contributed by atoms with van der Waals surface area (Å²) in [5.41, 5.74) is 8.61. The van der Waals surface area contributed by atoms with E-state index in [1.54, 1.807) is 6.07 Å². The van der Waals surface area contributed by atoms with E-state index in [2.05, 4.69) is 17.6 Å². The maximum absolute atomic E-state index is 11.8. The summed E-state index contributed by atoms with van der Waals surface area (Å²) in [5, 5.41) is 6.25. The summed E-state index contributed by atoms with van der Waals surface area (Å²) in [6.45, 7) is 5.81. The third kappa shape index (κ3) is 4.13. The molecule has 0 radical (unpaired) electrons. The predicted octanol–water partition coefficient (Wildman–Crippen LogP) is 3.40. The molecular formula is C17H27N3O. The first-order chi connectivity index (χ1) is 10.0. The van der Waals surface area contributed by atoms with Crippen LogP contribution < -0.4 is 16.4 Å². The molecule has 1 amide bonds. The van der Waals surface area contributed by atoms with Gasteiger partial charge in [-0.25, -0.2) is 0 Å². The normalized spacial score (nSPS) is 17.2. The van der Waals surface area contributed by atoms with Crippen LogP contribution in [0.25, 0.3) is 0 Å². The van der Waals surface area contributed by atoms with Crippen molar-refractivity contribution >= 4 is 17.3 Å². The fourth-order valence-electron chi connectivity index (χ4n) is 3.02. The molecule has 1 aliphatic rings. The Labute approximate surface area is 127 Å². The molecule has 0 aliphatic heterocycles. The van der Waals surface area contributed by atoms with Crippen molar-refractivity contribution in [2.75, 3.05) is 24.1 Å². The van der Waals surface area contributed by atoms with Gasteiger partial charge in [-0.15, -0.1) is 0 Å². The summed E-state index contributed by atoms with van der Waals surface area (Å²) in [6, 6.07) is 5.48. The molecule has 1 aromatic rings. The molecule has 1 aliphatic carbocycles. The van der Waals surface area contributed by atoms with Crippen LogP contribution >= 0.6 is 0 Å². The average Bonchev–Trinajstić information content (AvgIpc) is 2.47. The lowest BCUT2D eigenvalue weighted by molar-refractivity contribution is 0.0956. The molecule has 4 nitrogen and oxygen atoms in total. The number of anilines is 2. The minimum atomic E-state index is -0.0741. The number of carbonyl (C=O) groups excluding carboxylic acids is 1. The van der Waals surface area contributed by atoms with E-state index < -0.39 is 0 Å². The van der Waals surface area contributed by atoms with Crippen molar-refractivity contribution in [2.24, 2.45) is 5.41 Å². The van der Waals surface area contributed by atoms with Gasteiger partial charge in [0.1, 0.15) is 0 Å². The molecule has 0 spiro atoms. The van der Waals surface area contributed by atoms with Crippen molar-refractivity contribution in [3.05, 3.63) is 23.8 Å². The molecule has 0 atom stereocenters. The minimum Gasteiger partial charge on any atom is -0.397 e. The Bertz CT molecular complexity index is 493. The maximum Gasteiger partial charge on any atom is 0.251 e. The summed E-state index contributed by atoms with van der Waals surface area (Å²) in [5.74, 6) is -0.0741. The van der Waals surface area contributed by atoms with Crippen molar-refractivity contribution in [1.82, 2.24) is 5.32 Å². The van der Waals surface area contributed by atoms with E-state index >= 15 is 0 Å². The zero-order valence-electron chi connectivity index (χ0n) is 13.2. The summed E-state index contributed by atoms with van der Waals surface area (Å²) in [7, 11) is 0. The number of nitrogens with one attached hydrogen (secondary N) is 2. The Kier molecular flexibility index (Phi) is 5.10. The molecule has 4 heteroatoms. The Morgan fingerprint density at radius 3 is 2.62 bits per heavy atom. The highest BCUT2D eigenvalue weighted by molar-refractivity contribution is 5.96. The van der Waals surface area contributed by atoms with Crippen LogP contribution in [0.5, 0.6) is 0 Å². The Morgan fingerprint density at radius 2 is 2.00 bits per heavy atom. The molecule has 2 rings (SSSR count). The van der Waals surface area contributed by atoms with Crippen LogP contribution in [0.2, 0.25) is 0 Å². The largest absolute Gasteiger partial charge is 0.397 e. The van der Waals surface area contributed by atoms with Gasteiger partial charge < -0.3 is 16.4 Å². The lowest BCUT2D eigenvalue weighted by atomic mass is 9.76. The number of hydrogen-bond acceptors (Lipinski definition) is 3. The SMILES string of the molecule is CCNC(=O)c1ccc(NCC2(C)CCCCC2)c(N)c1. The fraction of sp³-hybridized carbons (Fsp3) is 0.588. The second-order valence-electron chi connectivity index (χ2n) is 6.39. The molecule has 4 N–H and O–H groups in total. The summed E-state index contributed by atoms with van der Waals surface area (Å²) in [6.07, 6.45) is 6.56. The van der Waals surface area contributed by atoms with E-state index in [1.165, 1.54) is 32.1 Å². The van der Waals surface area contributed by atoms with Crippen molar-refractivity contribution in [2.45, 2.75) is 46.0 Å². The highest BCUT2D eigenvalue weighted by atomic mass is 16.1. The van der Waals surface area contributed by atoms with E-state index in [0.717, 1.165) is 12.2 Å². The van der Waals surface area contributed by atoms with Gasteiger partial charge in [-0.3, -0.25) is 4.79 Å². The first-order valence-electron chi connectivity index (χ1n) is 7.96. The van der Waals surface area contributed by atoms with Crippen LogP contribution in [0.1, 0.15) is 56.3 Å². The molecule has 0 unspecified atom stereocenters. The van der Waals surface area contributed by atoms with Crippen LogP contribution in [-0.2, 0) is 0 Å². The van der Waals surface area contributed by atoms with Gasteiger partial charge in [0, 0.05) is 18.7 Å².